The highest BCUT2D eigenvalue weighted by molar-refractivity contribution is 14.1. The van der Waals surface area contributed by atoms with Gasteiger partial charge in [0.15, 0.2) is 6.10 Å². The maximum atomic E-state index is 13.9. The van der Waals surface area contributed by atoms with Gasteiger partial charge in [0.1, 0.15) is 24.7 Å². The second kappa shape index (κ2) is 7.40. The van der Waals surface area contributed by atoms with Crippen molar-refractivity contribution in [1.29, 1.82) is 0 Å². The van der Waals surface area contributed by atoms with Crippen LogP contribution in [0.15, 0.2) is 42.5 Å². The molecule has 26 heavy (non-hydrogen) atoms. The molecule has 0 radical (unpaired) electrons. The van der Waals surface area contributed by atoms with Gasteiger partial charge in [0.25, 0.3) is 0 Å². The fraction of sp³-hybridized carbons (Fsp3) is 0.250. The molecule has 134 valence electrons. The zero-order valence-corrected chi connectivity index (χ0v) is 18.3. The lowest BCUT2D eigenvalue weighted by molar-refractivity contribution is 0.247. The molecule has 2 heterocycles. The van der Waals surface area contributed by atoms with Gasteiger partial charge in [0, 0.05) is 9.13 Å². The molecule has 0 bridgehead atoms. The van der Waals surface area contributed by atoms with Crippen LogP contribution in [0.1, 0.15) is 30.4 Å². The molecule has 1 aliphatic heterocycles. The fourth-order valence-corrected chi connectivity index (χ4v) is 6.49. The Morgan fingerprint density at radius 2 is 1.81 bits per heavy atom. The van der Waals surface area contributed by atoms with Crippen LogP contribution in [0.25, 0.3) is 10.4 Å². The minimum absolute atomic E-state index is 0.148. The summed E-state index contributed by atoms with van der Waals surface area (Å²) in [5, 5.41) is 0. The van der Waals surface area contributed by atoms with Crippen molar-refractivity contribution in [3.63, 3.8) is 0 Å². The number of hydrogen-bond donors (Lipinski definition) is 0. The Balaban J connectivity index is 1.95. The van der Waals surface area contributed by atoms with Gasteiger partial charge in [-0.25, -0.2) is 8.97 Å². The zero-order valence-electron chi connectivity index (χ0n) is 14.5. The van der Waals surface area contributed by atoms with Gasteiger partial charge in [-0.3, -0.25) is 0 Å². The van der Waals surface area contributed by atoms with Gasteiger partial charge in [-0.1, -0.05) is 34.8 Å². The maximum absolute atomic E-state index is 13.9. The van der Waals surface area contributed by atoms with Crippen molar-refractivity contribution in [3.05, 3.63) is 66.3 Å². The molecule has 1 aliphatic rings. The van der Waals surface area contributed by atoms with Crippen molar-refractivity contribution in [2.75, 3.05) is 13.1 Å². The first kappa shape index (κ1) is 18.1. The SMILES string of the molecule is CC[N+](CC)=c1sc2c(s1)C(c1ccc(I)cc1)Oc1ccc(F)cc1-2. The summed E-state index contributed by atoms with van der Waals surface area (Å²) in [6, 6.07) is 13.2. The Kier molecular flexibility index (Phi) is 5.16. The molecule has 2 nitrogen and oxygen atoms in total. The second-order valence-electron chi connectivity index (χ2n) is 6.03. The second-order valence-corrected chi connectivity index (χ2v) is 9.56. The van der Waals surface area contributed by atoms with Crippen molar-refractivity contribution in [3.8, 4) is 16.2 Å². The van der Waals surface area contributed by atoms with Crippen LogP contribution >= 0.6 is 45.3 Å². The molecule has 1 atom stereocenters. The number of benzene rings is 2. The maximum Gasteiger partial charge on any atom is 0.314 e. The molecule has 2 aromatic carbocycles. The smallest absolute Gasteiger partial charge is 0.314 e. The van der Waals surface area contributed by atoms with Crippen molar-refractivity contribution >= 4 is 45.3 Å². The summed E-state index contributed by atoms with van der Waals surface area (Å²) < 4.78 is 25.0. The van der Waals surface area contributed by atoms with Gasteiger partial charge in [-0.15, -0.1) is 0 Å². The lowest BCUT2D eigenvalue weighted by atomic mass is 10.0. The number of rotatable bonds is 3. The van der Waals surface area contributed by atoms with E-state index in [-0.39, 0.29) is 11.9 Å². The van der Waals surface area contributed by atoms with Gasteiger partial charge in [-0.2, -0.15) is 0 Å². The Morgan fingerprint density at radius 1 is 1.08 bits per heavy atom. The summed E-state index contributed by atoms with van der Waals surface area (Å²) in [7, 11) is 0. The Morgan fingerprint density at radius 3 is 2.50 bits per heavy atom. The van der Waals surface area contributed by atoms with Crippen LogP contribution in [0.5, 0.6) is 5.75 Å². The van der Waals surface area contributed by atoms with E-state index in [1.54, 1.807) is 34.8 Å². The lowest BCUT2D eigenvalue weighted by Crippen LogP contribution is -2.25. The summed E-state index contributed by atoms with van der Waals surface area (Å²) in [6.45, 7) is 6.24. The molecule has 0 spiro atoms. The first-order chi connectivity index (χ1) is 12.6. The van der Waals surface area contributed by atoms with E-state index in [1.807, 2.05) is 0 Å². The van der Waals surface area contributed by atoms with Gasteiger partial charge in [0.2, 0.25) is 0 Å². The number of halogens is 2. The molecule has 4 rings (SSSR count). The molecular weight excluding hydrogens is 480 g/mol. The first-order valence-electron chi connectivity index (χ1n) is 8.54. The highest BCUT2D eigenvalue weighted by Crippen LogP contribution is 2.48. The van der Waals surface area contributed by atoms with Gasteiger partial charge < -0.3 is 4.74 Å². The monoisotopic (exact) mass is 498 g/mol. The van der Waals surface area contributed by atoms with Crippen LogP contribution in [0.3, 0.4) is 0 Å². The third-order valence-corrected chi connectivity index (χ3v) is 7.97. The van der Waals surface area contributed by atoms with E-state index in [4.69, 9.17) is 4.74 Å². The van der Waals surface area contributed by atoms with Gasteiger partial charge in [0.05, 0.1) is 9.75 Å². The molecule has 0 saturated carbocycles. The highest BCUT2D eigenvalue weighted by Gasteiger charge is 2.32. The molecule has 1 aromatic heterocycles. The van der Waals surface area contributed by atoms with Crippen molar-refractivity contribution < 1.29 is 9.13 Å². The largest absolute Gasteiger partial charge is 0.479 e. The molecule has 3 aromatic rings. The third-order valence-electron chi connectivity index (χ3n) is 4.47. The third kappa shape index (κ3) is 3.23. The van der Waals surface area contributed by atoms with E-state index in [2.05, 4.69) is 65.3 Å². The summed E-state index contributed by atoms with van der Waals surface area (Å²) in [5.41, 5.74) is 1.99. The van der Waals surface area contributed by atoms with Crippen LogP contribution in [-0.4, -0.2) is 13.1 Å². The quantitative estimate of drug-likeness (QED) is 0.343. The molecular formula is C20H18FINOS2+. The Labute approximate surface area is 173 Å². The molecule has 0 saturated heterocycles. The summed E-state index contributed by atoms with van der Waals surface area (Å²) in [4.78, 5) is 2.29. The minimum atomic E-state index is -0.228. The predicted octanol–water partition coefficient (Wildman–Crippen LogP) is 5.51. The summed E-state index contributed by atoms with van der Waals surface area (Å²) in [5.74, 6) is 0.524. The molecule has 6 heteroatoms. The molecule has 1 unspecified atom stereocenters. The number of fused-ring (bicyclic) bond motifs is 3. The van der Waals surface area contributed by atoms with Crippen LogP contribution in [-0.2, 0) is 0 Å². The molecule has 0 aliphatic carbocycles. The lowest BCUT2D eigenvalue weighted by Gasteiger charge is -2.25. The van der Waals surface area contributed by atoms with Crippen molar-refractivity contribution in [2.24, 2.45) is 0 Å². The first-order valence-corrected chi connectivity index (χ1v) is 11.3. The normalized spacial score (nSPS) is 15.2. The van der Waals surface area contributed by atoms with Crippen LogP contribution < -0.4 is 13.3 Å². The summed E-state index contributed by atoms with van der Waals surface area (Å²) in [6.07, 6.45) is -0.148. The molecule has 0 amide bonds. The standard InChI is InChI=1S/C20H18FINOS2/c1-3-23(4-2)20-25-18-15-11-13(21)7-10-16(15)24-17(19(18)26-20)12-5-8-14(22)9-6-12/h5-11,17H,3-4H2,1-2H3/q+1. The average Bonchev–Trinajstić information content (AvgIpc) is 3.08. The van der Waals surface area contributed by atoms with Crippen molar-refractivity contribution in [2.45, 2.75) is 20.0 Å². The predicted molar refractivity (Wildman–Crippen MR) is 116 cm³/mol. The fourth-order valence-electron chi connectivity index (χ4n) is 3.09. The minimum Gasteiger partial charge on any atom is -0.479 e. The van der Waals surface area contributed by atoms with E-state index in [0.29, 0.717) is 0 Å². The van der Waals surface area contributed by atoms with E-state index in [1.165, 1.54) is 13.6 Å². The molecule has 0 N–H and O–H groups in total. The number of hydrogen-bond acceptors (Lipinski definition) is 3. The van der Waals surface area contributed by atoms with E-state index >= 15 is 0 Å². The number of nitrogens with zero attached hydrogens (tertiary/aromatic N) is 1. The van der Waals surface area contributed by atoms with Gasteiger partial charge >= 0.3 is 3.98 Å². The van der Waals surface area contributed by atoms with Crippen LogP contribution in [0, 0.1) is 9.39 Å². The Hall–Kier alpha value is -1.25. The van der Waals surface area contributed by atoms with Gasteiger partial charge in [-0.05, 0) is 72.3 Å². The van der Waals surface area contributed by atoms with Crippen LogP contribution in [0.2, 0.25) is 0 Å². The van der Waals surface area contributed by atoms with Crippen molar-refractivity contribution in [1.82, 2.24) is 4.58 Å². The number of ether oxygens (including phenoxy) is 1. The zero-order chi connectivity index (χ0) is 18.3. The van der Waals surface area contributed by atoms with Crippen LogP contribution in [0.4, 0.5) is 4.39 Å². The van der Waals surface area contributed by atoms with E-state index < -0.39 is 0 Å². The summed E-state index contributed by atoms with van der Waals surface area (Å²) >= 11 is 5.82. The topological polar surface area (TPSA) is 12.2 Å². The Bertz CT molecular complexity index is 1020. The molecule has 0 fully saturated rings. The van der Waals surface area contributed by atoms with E-state index in [9.17, 15) is 4.39 Å². The average molecular weight is 498 g/mol. The van der Waals surface area contributed by atoms with E-state index in [0.717, 1.165) is 39.7 Å². The highest BCUT2D eigenvalue weighted by atomic mass is 127.